The van der Waals surface area contributed by atoms with Crippen LogP contribution >= 0.6 is 12.2 Å². The van der Waals surface area contributed by atoms with Gasteiger partial charge in [0.15, 0.2) is 4.77 Å². The van der Waals surface area contributed by atoms with E-state index in [0.29, 0.717) is 4.77 Å². The summed E-state index contributed by atoms with van der Waals surface area (Å²) in [5.41, 5.74) is 1.68. The van der Waals surface area contributed by atoms with Crippen molar-refractivity contribution in [2.45, 2.75) is 31.9 Å². The lowest BCUT2D eigenvalue weighted by Gasteiger charge is -2.20. The van der Waals surface area contributed by atoms with Crippen LogP contribution in [0.25, 0.3) is 11.0 Å². The Kier molecular flexibility index (Phi) is 2.95. The minimum atomic E-state index is -0.254. The molecule has 2 aromatic rings. The Balaban J connectivity index is 2.10. The van der Waals surface area contributed by atoms with E-state index in [0.717, 1.165) is 30.5 Å². The second-order valence-electron chi connectivity index (χ2n) is 4.75. The summed E-state index contributed by atoms with van der Waals surface area (Å²) in [5, 5.41) is 0. The highest BCUT2D eigenvalue weighted by molar-refractivity contribution is 7.71. The van der Waals surface area contributed by atoms with Crippen molar-refractivity contribution in [1.82, 2.24) is 9.55 Å². The molecule has 0 amide bonds. The van der Waals surface area contributed by atoms with Crippen LogP contribution in [-0.4, -0.2) is 22.3 Å². The Morgan fingerprint density at radius 1 is 1.56 bits per heavy atom. The SMILES string of the molecule is CC(C1CCCO1)n1c(=S)[nH]c2cc(F)ccc21. The van der Waals surface area contributed by atoms with Gasteiger partial charge < -0.3 is 14.3 Å². The third-order valence-corrected chi connectivity index (χ3v) is 3.89. The molecule has 1 aliphatic rings. The van der Waals surface area contributed by atoms with Crippen molar-refractivity contribution >= 4 is 23.3 Å². The molecule has 0 saturated carbocycles. The highest BCUT2D eigenvalue weighted by Gasteiger charge is 2.25. The summed E-state index contributed by atoms with van der Waals surface area (Å²) in [4.78, 5) is 3.05. The minimum absolute atomic E-state index is 0.166. The zero-order chi connectivity index (χ0) is 12.7. The molecule has 0 aliphatic carbocycles. The van der Waals surface area contributed by atoms with E-state index in [2.05, 4.69) is 11.9 Å². The maximum Gasteiger partial charge on any atom is 0.178 e. The lowest BCUT2D eigenvalue weighted by Crippen LogP contribution is -2.20. The maximum absolute atomic E-state index is 13.2. The average Bonchev–Trinajstić information content (AvgIpc) is 2.94. The highest BCUT2D eigenvalue weighted by atomic mass is 32.1. The third kappa shape index (κ3) is 1.87. The summed E-state index contributed by atoms with van der Waals surface area (Å²) in [6, 6.07) is 4.87. The molecule has 3 nitrogen and oxygen atoms in total. The number of halogens is 1. The van der Waals surface area contributed by atoms with Crippen LogP contribution in [0.5, 0.6) is 0 Å². The molecule has 18 heavy (non-hydrogen) atoms. The first-order valence-corrected chi connectivity index (χ1v) is 6.59. The second-order valence-corrected chi connectivity index (χ2v) is 5.14. The van der Waals surface area contributed by atoms with Crippen LogP contribution in [-0.2, 0) is 4.74 Å². The molecule has 1 fully saturated rings. The number of hydrogen-bond donors (Lipinski definition) is 1. The molecule has 1 aromatic heterocycles. The van der Waals surface area contributed by atoms with Gasteiger partial charge >= 0.3 is 0 Å². The number of nitrogens with one attached hydrogen (secondary N) is 1. The lowest BCUT2D eigenvalue weighted by molar-refractivity contribution is 0.0741. The quantitative estimate of drug-likeness (QED) is 0.842. The molecule has 1 aliphatic heterocycles. The number of aromatic amines is 1. The predicted molar refractivity (Wildman–Crippen MR) is 70.8 cm³/mol. The largest absolute Gasteiger partial charge is 0.376 e. The molecule has 2 atom stereocenters. The van der Waals surface area contributed by atoms with E-state index in [-0.39, 0.29) is 18.0 Å². The summed E-state index contributed by atoms with van der Waals surface area (Å²) in [5.74, 6) is -0.254. The molecular weight excluding hydrogens is 251 g/mol. The molecule has 3 rings (SSSR count). The molecule has 1 aromatic carbocycles. The van der Waals surface area contributed by atoms with Gasteiger partial charge in [0.05, 0.1) is 23.2 Å². The fraction of sp³-hybridized carbons (Fsp3) is 0.462. The van der Waals surface area contributed by atoms with E-state index < -0.39 is 0 Å². The number of nitrogens with zero attached hydrogens (tertiary/aromatic N) is 1. The van der Waals surface area contributed by atoms with E-state index in [9.17, 15) is 4.39 Å². The van der Waals surface area contributed by atoms with Gasteiger partial charge in [0.25, 0.3) is 0 Å². The van der Waals surface area contributed by atoms with Gasteiger partial charge in [-0.05, 0) is 50.2 Å². The van der Waals surface area contributed by atoms with Gasteiger partial charge in [-0.15, -0.1) is 0 Å². The Hall–Kier alpha value is -1.20. The van der Waals surface area contributed by atoms with Gasteiger partial charge in [-0.25, -0.2) is 4.39 Å². The standard InChI is InChI=1S/C13H15FN2OS/c1-8(12-3-2-6-17-12)16-11-5-4-9(14)7-10(11)15-13(16)18/h4-5,7-8,12H,2-3,6H2,1H3,(H,15,18). The van der Waals surface area contributed by atoms with Crippen molar-refractivity contribution in [3.8, 4) is 0 Å². The summed E-state index contributed by atoms with van der Waals surface area (Å²) in [6.07, 6.45) is 2.34. The van der Waals surface area contributed by atoms with Gasteiger partial charge in [0.2, 0.25) is 0 Å². The molecule has 1 N–H and O–H groups in total. The Morgan fingerprint density at radius 3 is 3.11 bits per heavy atom. The summed E-state index contributed by atoms with van der Waals surface area (Å²) >= 11 is 5.34. The van der Waals surface area contributed by atoms with Crippen LogP contribution in [0.1, 0.15) is 25.8 Å². The van der Waals surface area contributed by atoms with Gasteiger partial charge in [-0.1, -0.05) is 0 Å². The number of ether oxygens (including phenoxy) is 1. The zero-order valence-corrected chi connectivity index (χ0v) is 11.0. The molecule has 2 heterocycles. The van der Waals surface area contributed by atoms with Crippen molar-refractivity contribution in [2.75, 3.05) is 6.61 Å². The van der Waals surface area contributed by atoms with E-state index in [1.54, 1.807) is 6.07 Å². The monoisotopic (exact) mass is 266 g/mol. The normalized spacial score (nSPS) is 21.6. The Bertz CT molecular complexity index is 627. The first kappa shape index (κ1) is 11.9. The van der Waals surface area contributed by atoms with Crippen LogP contribution in [0, 0.1) is 10.6 Å². The van der Waals surface area contributed by atoms with E-state index in [1.165, 1.54) is 12.1 Å². The lowest BCUT2D eigenvalue weighted by atomic mass is 10.1. The molecular formula is C13H15FN2OS. The molecule has 5 heteroatoms. The topological polar surface area (TPSA) is 29.9 Å². The number of benzene rings is 1. The van der Waals surface area contributed by atoms with Crippen LogP contribution in [0.15, 0.2) is 18.2 Å². The van der Waals surface area contributed by atoms with E-state index in [1.807, 2.05) is 4.57 Å². The van der Waals surface area contributed by atoms with Crippen molar-refractivity contribution < 1.29 is 9.13 Å². The summed E-state index contributed by atoms with van der Waals surface area (Å²) in [7, 11) is 0. The van der Waals surface area contributed by atoms with Crippen molar-refractivity contribution in [2.24, 2.45) is 0 Å². The minimum Gasteiger partial charge on any atom is -0.376 e. The molecule has 96 valence electrons. The number of rotatable bonds is 2. The van der Waals surface area contributed by atoms with Gasteiger partial charge in [-0.2, -0.15) is 0 Å². The first-order chi connectivity index (χ1) is 8.66. The van der Waals surface area contributed by atoms with Crippen LogP contribution < -0.4 is 0 Å². The summed E-state index contributed by atoms with van der Waals surface area (Å²) < 4.78 is 21.6. The van der Waals surface area contributed by atoms with Crippen molar-refractivity contribution in [3.63, 3.8) is 0 Å². The number of aromatic nitrogens is 2. The molecule has 1 saturated heterocycles. The second kappa shape index (κ2) is 4.48. The fourth-order valence-electron chi connectivity index (χ4n) is 2.66. The van der Waals surface area contributed by atoms with Gasteiger partial charge in [-0.3, -0.25) is 0 Å². The Labute approximate surface area is 110 Å². The molecule has 0 bridgehead atoms. The van der Waals surface area contributed by atoms with Crippen LogP contribution in [0.4, 0.5) is 4.39 Å². The van der Waals surface area contributed by atoms with E-state index >= 15 is 0 Å². The Morgan fingerprint density at radius 2 is 2.39 bits per heavy atom. The number of fused-ring (bicyclic) bond motifs is 1. The average molecular weight is 266 g/mol. The number of H-pyrrole nitrogens is 1. The smallest absolute Gasteiger partial charge is 0.178 e. The fourth-order valence-corrected chi connectivity index (χ4v) is 3.03. The predicted octanol–water partition coefficient (Wildman–Crippen LogP) is 3.58. The maximum atomic E-state index is 13.2. The van der Waals surface area contributed by atoms with Crippen LogP contribution in [0.3, 0.4) is 0 Å². The number of imidazole rings is 1. The van der Waals surface area contributed by atoms with Gasteiger partial charge in [0.1, 0.15) is 5.82 Å². The first-order valence-electron chi connectivity index (χ1n) is 6.18. The van der Waals surface area contributed by atoms with Gasteiger partial charge in [0, 0.05) is 6.61 Å². The zero-order valence-electron chi connectivity index (χ0n) is 10.1. The third-order valence-electron chi connectivity index (χ3n) is 3.59. The van der Waals surface area contributed by atoms with Crippen LogP contribution in [0.2, 0.25) is 0 Å². The molecule has 2 unspecified atom stereocenters. The molecule has 0 spiro atoms. The highest BCUT2D eigenvalue weighted by Crippen LogP contribution is 2.28. The molecule has 0 radical (unpaired) electrons. The van der Waals surface area contributed by atoms with Crippen molar-refractivity contribution in [3.05, 3.63) is 28.8 Å². The van der Waals surface area contributed by atoms with Crippen molar-refractivity contribution in [1.29, 1.82) is 0 Å². The summed E-state index contributed by atoms with van der Waals surface area (Å²) in [6.45, 7) is 2.92. The number of hydrogen-bond acceptors (Lipinski definition) is 2. The van der Waals surface area contributed by atoms with E-state index in [4.69, 9.17) is 17.0 Å².